The van der Waals surface area contributed by atoms with Crippen LogP contribution < -0.4 is 0 Å². The molecule has 0 unspecified atom stereocenters. The second-order valence-electron chi connectivity index (χ2n) is 3.46. The molecule has 0 bridgehead atoms. The van der Waals surface area contributed by atoms with Gasteiger partial charge in [-0.3, -0.25) is 14.8 Å². The largest absolute Gasteiger partial charge is 0.294 e. The van der Waals surface area contributed by atoms with E-state index in [2.05, 4.69) is 0 Å². The summed E-state index contributed by atoms with van der Waals surface area (Å²) >= 11 is 5.66. The first-order chi connectivity index (χ1) is 8.17. The molecule has 1 rings (SSSR count). The van der Waals surface area contributed by atoms with Crippen molar-refractivity contribution < 1.29 is 23.2 Å². The summed E-state index contributed by atoms with van der Waals surface area (Å²) in [7, 11) is -4.47. The summed E-state index contributed by atoms with van der Waals surface area (Å²) in [4.78, 5) is 21.8. The Hall–Kier alpha value is -1.44. The van der Waals surface area contributed by atoms with E-state index in [9.17, 15) is 23.2 Å². The van der Waals surface area contributed by atoms with Crippen molar-refractivity contribution in [2.45, 2.75) is 18.7 Å². The third kappa shape index (κ3) is 2.69. The monoisotopic (exact) mass is 291 g/mol. The third-order valence-electron chi connectivity index (χ3n) is 2.10. The summed E-state index contributed by atoms with van der Waals surface area (Å²) in [5.41, 5.74) is -0.192. The van der Waals surface area contributed by atoms with Crippen LogP contribution in [-0.2, 0) is 14.8 Å². The highest BCUT2D eigenvalue weighted by Crippen LogP contribution is 2.23. The van der Waals surface area contributed by atoms with E-state index in [-0.39, 0.29) is 10.6 Å². The predicted octanol–water partition coefficient (Wildman–Crippen LogP) is 1.47. The van der Waals surface area contributed by atoms with Gasteiger partial charge in [-0.15, -0.1) is 4.47 Å². The summed E-state index contributed by atoms with van der Waals surface area (Å²) in [6.45, 7) is 2.03. The summed E-state index contributed by atoms with van der Waals surface area (Å²) in [5, 5.41) is 9.41. The van der Waals surface area contributed by atoms with E-state index in [0.29, 0.717) is 0 Å². The highest BCUT2D eigenvalue weighted by Gasteiger charge is 2.29. The van der Waals surface area contributed by atoms with Gasteiger partial charge in [-0.2, -0.15) is 8.42 Å². The molecule has 1 aromatic rings. The van der Waals surface area contributed by atoms with E-state index in [1.807, 2.05) is 0 Å². The maximum Gasteiger partial charge on any atom is 0.289 e. The molecule has 0 saturated carbocycles. The molecule has 18 heavy (non-hydrogen) atoms. The molecular weight excluding hydrogens is 282 g/mol. The van der Waals surface area contributed by atoms with Gasteiger partial charge in [-0.25, -0.2) is 0 Å². The second-order valence-corrected chi connectivity index (χ2v) is 5.64. The molecule has 1 N–H and O–H groups in total. The van der Waals surface area contributed by atoms with Crippen LogP contribution in [0, 0.1) is 0 Å². The maximum atomic E-state index is 11.9. The molecule has 1 amide bonds. The van der Waals surface area contributed by atoms with Crippen LogP contribution in [0.3, 0.4) is 0 Å². The topological polar surface area (TPSA) is 91.8 Å². The zero-order valence-corrected chi connectivity index (χ0v) is 11.1. The standard InChI is InChI=1S/C10H10ClNO5S/c1-6(13)9-5-8(11)3-4-10(9)18(16,17)12(15)7(2)14/h3-5,15H,1-2H3. The lowest BCUT2D eigenvalue weighted by atomic mass is 10.1. The van der Waals surface area contributed by atoms with Crippen molar-refractivity contribution in [1.29, 1.82) is 0 Å². The molecule has 8 heteroatoms. The fourth-order valence-corrected chi connectivity index (χ4v) is 2.68. The van der Waals surface area contributed by atoms with Crippen molar-refractivity contribution >= 4 is 33.3 Å². The molecule has 0 aliphatic carbocycles. The molecule has 0 aromatic heterocycles. The molecule has 0 heterocycles. The van der Waals surface area contributed by atoms with E-state index in [0.717, 1.165) is 26.0 Å². The van der Waals surface area contributed by atoms with Gasteiger partial charge in [0, 0.05) is 17.5 Å². The van der Waals surface area contributed by atoms with Gasteiger partial charge in [0.1, 0.15) is 4.90 Å². The minimum atomic E-state index is -4.47. The Morgan fingerprint density at radius 3 is 2.28 bits per heavy atom. The number of halogens is 1. The van der Waals surface area contributed by atoms with Gasteiger partial charge in [0.15, 0.2) is 5.78 Å². The Morgan fingerprint density at radius 2 is 1.83 bits per heavy atom. The van der Waals surface area contributed by atoms with E-state index in [1.54, 1.807) is 0 Å². The number of ketones is 1. The Bertz CT molecular complexity index is 611. The quantitative estimate of drug-likeness (QED) is 0.517. The third-order valence-corrected chi connectivity index (χ3v) is 3.96. The zero-order chi connectivity index (χ0) is 14.1. The zero-order valence-electron chi connectivity index (χ0n) is 9.55. The second kappa shape index (κ2) is 5.05. The number of benzene rings is 1. The summed E-state index contributed by atoms with van der Waals surface area (Å²) in [6.07, 6.45) is 0. The lowest BCUT2D eigenvalue weighted by Gasteiger charge is -2.15. The normalized spacial score (nSPS) is 11.1. The van der Waals surface area contributed by atoms with Crippen LogP contribution in [-0.4, -0.2) is 29.8 Å². The first kappa shape index (κ1) is 14.6. The van der Waals surface area contributed by atoms with Crippen LogP contribution in [0.2, 0.25) is 5.02 Å². The van der Waals surface area contributed by atoms with E-state index >= 15 is 0 Å². The van der Waals surface area contributed by atoms with Crippen molar-refractivity contribution in [2.24, 2.45) is 0 Å². The molecule has 0 fully saturated rings. The number of Topliss-reactive ketones (excluding diaryl/α,β-unsaturated/α-hetero) is 1. The smallest absolute Gasteiger partial charge is 0.289 e. The number of hydrogen-bond donors (Lipinski definition) is 1. The van der Waals surface area contributed by atoms with Gasteiger partial charge >= 0.3 is 0 Å². The highest BCUT2D eigenvalue weighted by molar-refractivity contribution is 7.89. The lowest BCUT2D eigenvalue weighted by Crippen LogP contribution is -2.32. The molecule has 0 aliphatic heterocycles. The van der Waals surface area contributed by atoms with Crippen LogP contribution in [0.25, 0.3) is 0 Å². The lowest BCUT2D eigenvalue weighted by molar-refractivity contribution is -0.143. The van der Waals surface area contributed by atoms with Crippen LogP contribution in [0.15, 0.2) is 23.1 Å². The molecule has 0 saturated heterocycles. The number of hydrogen-bond acceptors (Lipinski definition) is 5. The van der Waals surface area contributed by atoms with Crippen molar-refractivity contribution in [1.82, 2.24) is 4.47 Å². The minimum absolute atomic E-state index is 0.173. The number of rotatable bonds is 3. The van der Waals surface area contributed by atoms with Gasteiger partial charge in [-0.05, 0) is 25.1 Å². The Labute approximate surface area is 109 Å². The first-order valence-corrected chi connectivity index (χ1v) is 6.55. The molecule has 0 atom stereocenters. The number of amides is 1. The molecular formula is C10H10ClNO5S. The van der Waals surface area contributed by atoms with Crippen molar-refractivity contribution in [2.75, 3.05) is 0 Å². The maximum absolute atomic E-state index is 11.9. The molecule has 0 radical (unpaired) electrons. The Balaban J connectivity index is 3.51. The number of sulfonamides is 1. The van der Waals surface area contributed by atoms with Crippen LogP contribution in [0.5, 0.6) is 0 Å². The molecule has 1 aromatic carbocycles. The van der Waals surface area contributed by atoms with Crippen LogP contribution in [0.1, 0.15) is 24.2 Å². The van der Waals surface area contributed by atoms with E-state index < -0.39 is 31.1 Å². The van der Waals surface area contributed by atoms with Crippen molar-refractivity contribution in [3.8, 4) is 0 Å². The fraction of sp³-hybridized carbons (Fsp3) is 0.200. The Morgan fingerprint density at radius 1 is 1.28 bits per heavy atom. The number of hydroxylamine groups is 1. The van der Waals surface area contributed by atoms with Crippen LogP contribution in [0.4, 0.5) is 0 Å². The van der Waals surface area contributed by atoms with Crippen molar-refractivity contribution in [3.05, 3.63) is 28.8 Å². The van der Waals surface area contributed by atoms with E-state index in [4.69, 9.17) is 11.6 Å². The predicted molar refractivity (Wildman–Crippen MR) is 62.9 cm³/mol. The molecule has 98 valence electrons. The van der Waals surface area contributed by atoms with Gasteiger partial charge in [0.25, 0.3) is 15.9 Å². The number of carbonyl (C=O) groups excluding carboxylic acids is 2. The number of nitrogens with zero attached hydrogens (tertiary/aromatic N) is 1. The minimum Gasteiger partial charge on any atom is -0.294 e. The van der Waals surface area contributed by atoms with Gasteiger partial charge < -0.3 is 0 Å². The fourth-order valence-electron chi connectivity index (χ4n) is 1.26. The number of carbonyl (C=O) groups is 2. The van der Waals surface area contributed by atoms with Crippen molar-refractivity contribution in [3.63, 3.8) is 0 Å². The molecule has 6 nitrogen and oxygen atoms in total. The average molecular weight is 292 g/mol. The first-order valence-electron chi connectivity index (χ1n) is 4.73. The molecule has 0 spiro atoms. The summed E-state index contributed by atoms with van der Waals surface area (Å²) < 4.78 is 23.3. The summed E-state index contributed by atoms with van der Waals surface area (Å²) in [6, 6.07) is 3.46. The Kier molecular flexibility index (Phi) is 4.10. The van der Waals surface area contributed by atoms with Gasteiger partial charge in [0.2, 0.25) is 0 Å². The van der Waals surface area contributed by atoms with Gasteiger partial charge in [-0.1, -0.05) is 11.6 Å². The highest BCUT2D eigenvalue weighted by atomic mass is 35.5. The van der Waals surface area contributed by atoms with Gasteiger partial charge in [0.05, 0.1) is 0 Å². The molecule has 0 aliphatic rings. The SMILES string of the molecule is CC(=O)c1cc(Cl)ccc1S(=O)(=O)N(O)C(C)=O. The van der Waals surface area contributed by atoms with E-state index in [1.165, 1.54) is 6.07 Å². The summed E-state index contributed by atoms with van der Waals surface area (Å²) in [5.74, 6) is -1.63. The van der Waals surface area contributed by atoms with Crippen LogP contribution >= 0.6 is 11.6 Å². The average Bonchev–Trinajstić information content (AvgIpc) is 2.27.